The molecule has 0 saturated carbocycles. The maximum Gasteiger partial charge on any atom is 0.0541 e. The van der Waals surface area contributed by atoms with Crippen molar-refractivity contribution in [2.45, 2.75) is 0 Å². The van der Waals surface area contributed by atoms with E-state index in [1.165, 1.54) is 43.4 Å². The fraction of sp³-hybridized carbons (Fsp3) is 0. The molecule has 0 amide bonds. The topological polar surface area (TPSA) is 18.5 Å². The number of fused-ring (bicyclic) bond motifs is 4. The number of benzene rings is 9. The molecule has 10 rings (SSSR count). The summed E-state index contributed by atoms with van der Waals surface area (Å²) in [5.74, 6) is 0. The van der Waals surface area contributed by atoms with Crippen LogP contribution >= 0.6 is 0 Å². The molecule has 1 heterocycles. The quantitative estimate of drug-likeness (QED) is 0.193. The van der Waals surface area contributed by atoms with Crippen LogP contribution in [-0.2, 0) is 0 Å². The van der Waals surface area contributed by atoms with Crippen molar-refractivity contribution >= 4 is 77.8 Å². The number of hydrogen-bond donors (Lipinski definition) is 1. The van der Waals surface area contributed by atoms with Crippen molar-refractivity contribution in [2.24, 2.45) is 0 Å². The van der Waals surface area contributed by atoms with E-state index in [0.29, 0.717) is 0 Å². The van der Waals surface area contributed by atoms with Gasteiger partial charge in [0, 0.05) is 56.1 Å². The van der Waals surface area contributed by atoms with Gasteiger partial charge in [0.2, 0.25) is 0 Å². The monoisotopic (exact) mass is 651 g/mol. The molecule has 9 aromatic rings. The number of anilines is 8. The lowest BCUT2D eigenvalue weighted by Gasteiger charge is -2.31. The molecule has 0 atom stereocenters. The summed E-state index contributed by atoms with van der Waals surface area (Å²) in [6, 6.07) is 69.9. The predicted octanol–water partition coefficient (Wildman–Crippen LogP) is 13.8. The first-order valence-corrected chi connectivity index (χ1v) is 17.4. The molecule has 3 heteroatoms. The van der Waals surface area contributed by atoms with E-state index in [9.17, 15) is 0 Å². The van der Waals surface area contributed by atoms with Crippen LogP contribution in [0.15, 0.2) is 194 Å². The van der Waals surface area contributed by atoms with Crippen LogP contribution in [0.1, 0.15) is 0 Å². The highest BCUT2D eigenvalue weighted by Crippen LogP contribution is 2.50. The molecule has 0 aromatic heterocycles. The second-order valence-electron chi connectivity index (χ2n) is 13.1. The maximum absolute atomic E-state index is 3.86. The van der Waals surface area contributed by atoms with Gasteiger partial charge in [-0.05, 0) is 99.9 Å². The van der Waals surface area contributed by atoms with Gasteiger partial charge >= 0.3 is 0 Å². The van der Waals surface area contributed by atoms with E-state index in [1.54, 1.807) is 0 Å². The van der Waals surface area contributed by atoms with Gasteiger partial charge in [-0.15, -0.1) is 0 Å². The van der Waals surface area contributed by atoms with Crippen molar-refractivity contribution in [2.75, 3.05) is 15.1 Å². The minimum Gasteiger partial charge on any atom is -0.354 e. The number of rotatable bonds is 6. The predicted molar refractivity (Wildman–Crippen MR) is 217 cm³/mol. The van der Waals surface area contributed by atoms with Crippen LogP contribution in [0.2, 0.25) is 0 Å². The van der Waals surface area contributed by atoms with Crippen molar-refractivity contribution < 1.29 is 0 Å². The van der Waals surface area contributed by atoms with Gasteiger partial charge in [0.15, 0.2) is 0 Å². The van der Waals surface area contributed by atoms with Crippen molar-refractivity contribution in [1.82, 2.24) is 0 Å². The van der Waals surface area contributed by atoms with Crippen LogP contribution < -0.4 is 15.1 Å². The van der Waals surface area contributed by atoms with E-state index in [1.807, 2.05) is 0 Å². The van der Waals surface area contributed by atoms with Crippen molar-refractivity contribution in [3.8, 4) is 11.1 Å². The first-order chi connectivity index (χ1) is 25.3. The van der Waals surface area contributed by atoms with Gasteiger partial charge in [-0.2, -0.15) is 0 Å². The first-order valence-electron chi connectivity index (χ1n) is 17.4. The molecule has 3 nitrogen and oxygen atoms in total. The number of nitrogens with zero attached hydrogens (tertiary/aromatic N) is 2. The Bertz CT molecular complexity index is 2740. The lowest BCUT2D eigenvalue weighted by molar-refractivity contribution is 1.29. The van der Waals surface area contributed by atoms with Crippen molar-refractivity contribution in [3.63, 3.8) is 0 Å². The fourth-order valence-corrected chi connectivity index (χ4v) is 7.73. The minimum atomic E-state index is 1.09. The molecule has 0 radical (unpaired) electrons. The lowest BCUT2D eigenvalue weighted by atomic mass is 9.91. The molecular weight excluding hydrogens is 619 g/mol. The Kier molecular flexibility index (Phi) is 6.81. The van der Waals surface area contributed by atoms with E-state index in [-0.39, 0.29) is 0 Å². The van der Waals surface area contributed by atoms with E-state index in [0.717, 1.165) is 45.5 Å². The SMILES string of the molecule is c1ccc(N(c2ccc3c(c2)Nc2cccc4c(N(c5ccccc5)c5ccc6ccccc6c5)ccc-3c24)c2ccc3ccccc3c2)cc1. The van der Waals surface area contributed by atoms with Gasteiger partial charge in [-0.1, -0.05) is 121 Å². The molecule has 1 aliphatic heterocycles. The van der Waals surface area contributed by atoms with Crippen LogP contribution in [-0.4, -0.2) is 0 Å². The molecule has 1 N–H and O–H groups in total. The summed E-state index contributed by atoms with van der Waals surface area (Å²) < 4.78 is 0. The van der Waals surface area contributed by atoms with Crippen LogP contribution in [0.25, 0.3) is 43.4 Å². The zero-order valence-electron chi connectivity index (χ0n) is 27.9. The fourth-order valence-electron chi connectivity index (χ4n) is 7.73. The highest BCUT2D eigenvalue weighted by Gasteiger charge is 2.24. The Morgan fingerprint density at radius 3 is 1.51 bits per heavy atom. The van der Waals surface area contributed by atoms with Crippen LogP contribution in [0.4, 0.5) is 45.5 Å². The normalized spacial score (nSPS) is 11.7. The number of hydrogen-bond acceptors (Lipinski definition) is 3. The molecule has 0 aliphatic carbocycles. The van der Waals surface area contributed by atoms with E-state index < -0.39 is 0 Å². The van der Waals surface area contributed by atoms with Crippen molar-refractivity contribution in [1.29, 1.82) is 0 Å². The van der Waals surface area contributed by atoms with Gasteiger partial charge in [-0.25, -0.2) is 0 Å². The highest BCUT2D eigenvalue weighted by molar-refractivity contribution is 6.16. The summed E-state index contributed by atoms with van der Waals surface area (Å²) in [5.41, 5.74) is 11.4. The summed E-state index contributed by atoms with van der Waals surface area (Å²) >= 11 is 0. The second-order valence-corrected chi connectivity index (χ2v) is 13.1. The van der Waals surface area contributed by atoms with Gasteiger partial charge in [-0.3, -0.25) is 0 Å². The Hall–Kier alpha value is -6.84. The zero-order chi connectivity index (χ0) is 33.7. The minimum absolute atomic E-state index is 1.09. The third kappa shape index (κ3) is 4.98. The molecule has 0 fully saturated rings. The summed E-state index contributed by atoms with van der Waals surface area (Å²) in [6.07, 6.45) is 0. The summed E-state index contributed by atoms with van der Waals surface area (Å²) in [4.78, 5) is 4.73. The van der Waals surface area contributed by atoms with E-state index in [2.05, 4.69) is 209 Å². The van der Waals surface area contributed by atoms with Gasteiger partial charge in [0.1, 0.15) is 0 Å². The Balaban J connectivity index is 1.12. The largest absolute Gasteiger partial charge is 0.354 e. The summed E-state index contributed by atoms with van der Waals surface area (Å²) in [7, 11) is 0. The molecule has 0 unspecified atom stereocenters. The standard InChI is InChI=1S/C48H33N3/c1-3-16-37(17-4-1)50(39-24-22-33-12-7-9-14-35(33)30-39)41-26-27-42-43-28-29-47(44-20-11-21-45(48(43)44)49-46(42)32-41)51(38-18-5-2-6-19-38)40-25-23-34-13-8-10-15-36(34)31-40/h1-32,49H. The molecule has 51 heavy (non-hydrogen) atoms. The molecule has 240 valence electrons. The highest BCUT2D eigenvalue weighted by atomic mass is 15.2. The average molecular weight is 652 g/mol. The second kappa shape index (κ2) is 11.9. The van der Waals surface area contributed by atoms with Gasteiger partial charge in [0.25, 0.3) is 0 Å². The molecular formula is C48H33N3. The Morgan fingerprint density at radius 2 is 0.843 bits per heavy atom. The number of nitrogens with one attached hydrogen (secondary N) is 1. The van der Waals surface area contributed by atoms with Crippen LogP contribution in [0, 0.1) is 0 Å². The van der Waals surface area contributed by atoms with E-state index >= 15 is 0 Å². The van der Waals surface area contributed by atoms with Crippen LogP contribution in [0.5, 0.6) is 0 Å². The lowest BCUT2D eigenvalue weighted by Crippen LogP contribution is -2.12. The molecule has 0 spiro atoms. The number of para-hydroxylation sites is 2. The molecule has 9 aromatic carbocycles. The third-order valence-corrected chi connectivity index (χ3v) is 10.1. The smallest absolute Gasteiger partial charge is 0.0541 e. The third-order valence-electron chi connectivity index (χ3n) is 10.1. The average Bonchev–Trinajstić information content (AvgIpc) is 3.19. The van der Waals surface area contributed by atoms with Gasteiger partial charge < -0.3 is 15.1 Å². The maximum atomic E-state index is 3.86. The van der Waals surface area contributed by atoms with Gasteiger partial charge in [0.05, 0.1) is 5.69 Å². The summed E-state index contributed by atoms with van der Waals surface area (Å²) in [5, 5.41) is 11.2. The van der Waals surface area contributed by atoms with E-state index in [4.69, 9.17) is 0 Å². The summed E-state index contributed by atoms with van der Waals surface area (Å²) in [6.45, 7) is 0. The first kappa shape index (κ1) is 29.1. The zero-order valence-corrected chi connectivity index (χ0v) is 27.9. The Labute approximate surface area is 297 Å². The van der Waals surface area contributed by atoms with Crippen LogP contribution in [0.3, 0.4) is 0 Å². The molecule has 0 bridgehead atoms. The Morgan fingerprint density at radius 1 is 0.314 bits per heavy atom. The molecule has 0 saturated heterocycles. The van der Waals surface area contributed by atoms with Crippen molar-refractivity contribution in [3.05, 3.63) is 194 Å². The molecule has 1 aliphatic rings.